The first-order chi connectivity index (χ1) is 13.6. The van der Waals surface area contributed by atoms with Gasteiger partial charge in [-0.1, -0.05) is 62.1 Å². The van der Waals surface area contributed by atoms with Crippen molar-refractivity contribution < 1.29 is 9.36 Å². The van der Waals surface area contributed by atoms with Crippen LogP contribution in [0.1, 0.15) is 78.7 Å². The highest BCUT2D eigenvalue weighted by Crippen LogP contribution is 2.32. The van der Waals surface area contributed by atoms with Crippen molar-refractivity contribution >= 4 is 18.6 Å². The molecule has 0 radical (unpaired) electrons. The fraction of sp³-hybridized carbons (Fsp3) is 0.500. The fourth-order valence-electron chi connectivity index (χ4n) is 3.82. The molecular weight excluding hydrogens is 375 g/mol. The quantitative estimate of drug-likeness (QED) is 0.413. The van der Waals surface area contributed by atoms with E-state index in [1.54, 1.807) is 0 Å². The number of carbonyl (C=O) groups excluding carboxylic acids is 1. The summed E-state index contributed by atoms with van der Waals surface area (Å²) in [5.41, 5.74) is 5.68. The van der Waals surface area contributed by atoms with Crippen LogP contribution in [0, 0.1) is 32.6 Å². The van der Waals surface area contributed by atoms with Gasteiger partial charge in [0.1, 0.15) is 0 Å². The molecule has 0 fully saturated rings. The van der Waals surface area contributed by atoms with E-state index in [0.717, 1.165) is 53.2 Å². The van der Waals surface area contributed by atoms with Gasteiger partial charge in [0.25, 0.3) is 0 Å². The van der Waals surface area contributed by atoms with E-state index in [9.17, 15) is 9.36 Å². The summed E-state index contributed by atoms with van der Waals surface area (Å²) >= 11 is 0. The van der Waals surface area contributed by atoms with E-state index < -0.39 is 7.80 Å². The Morgan fingerprint density at radius 3 is 1.97 bits per heavy atom. The highest BCUT2D eigenvalue weighted by atomic mass is 31.1. The zero-order chi connectivity index (χ0) is 21.7. The predicted molar refractivity (Wildman–Crippen MR) is 125 cm³/mol. The van der Waals surface area contributed by atoms with Crippen molar-refractivity contribution in [2.45, 2.75) is 74.1 Å². The van der Waals surface area contributed by atoms with Crippen LogP contribution in [-0.4, -0.2) is 5.52 Å². The van der Waals surface area contributed by atoms with Gasteiger partial charge in [-0.05, 0) is 81.0 Å². The average Bonchev–Trinajstić information content (AvgIpc) is 2.63. The van der Waals surface area contributed by atoms with E-state index in [2.05, 4.69) is 39.8 Å². The van der Waals surface area contributed by atoms with Crippen molar-refractivity contribution in [3.8, 4) is 0 Å². The first-order valence-electron chi connectivity index (χ1n) is 10.8. The van der Waals surface area contributed by atoms with Crippen LogP contribution in [0.2, 0.25) is 0 Å². The minimum atomic E-state index is -2.13. The van der Waals surface area contributed by atoms with Crippen LogP contribution in [0.4, 0.5) is 0 Å². The standard InChI is InChI=1S/C26H36O2P/c1-17(2)8-10-22-11-13-24(23(16-22)12-9-18(3)4)29(28)26(27)25-20(6)14-19(5)15-21(25)7/h11,13-18H,8-10,12H2,1-7H3/q+1. The molecule has 0 bridgehead atoms. The van der Waals surface area contributed by atoms with Gasteiger partial charge in [0, 0.05) is 5.56 Å². The van der Waals surface area contributed by atoms with Crippen molar-refractivity contribution in [1.29, 1.82) is 0 Å². The van der Waals surface area contributed by atoms with Crippen molar-refractivity contribution in [1.82, 2.24) is 0 Å². The third kappa shape index (κ3) is 6.34. The van der Waals surface area contributed by atoms with E-state index in [1.165, 1.54) is 5.56 Å². The second-order valence-electron chi connectivity index (χ2n) is 9.20. The van der Waals surface area contributed by atoms with Crippen molar-refractivity contribution in [3.05, 3.63) is 63.7 Å². The molecule has 0 saturated heterocycles. The third-order valence-corrected chi connectivity index (χ3v) is 6.91. The molecule has 0 spiro atoms. The van der Waals surface area contributed by atoms with Gasteiger partial charge in [0.15, 0.2) is 0 Å². The van der Waals surface area contributed by atoms with Crippen LogP contribution in [0.3, 0.4) is 0 Å². The van der Waals surface area contributed by atoms with Gasteiger partial charge in [-0.25, -0.2) is 4.79 Å². The average molecular weight is 412 g/mol. The van der Waals surface area contributed by atoms with Crippen molar-refractivity contribution in [2.24, 2.45) is 11.8 Å². The number of hydrogen-bond acceptors (Lipinski definition) is 2. The second-order valence-corrected chi connectivity index (χ2v) is 10.7. The summed E-state index contributed by atoms with van der Waals surface area (Å²) in [5.74, 6) is 1.22. The summed E-state index contributed by atoms with van der Waals surface area (Å²) in [6.45, 7) is 14.8. The van der Waals surface area contributed by atoms with Gasteiger partial charge in [-0.3, -0.25) is 0 Å². The van der Waals surface area contributed by atoms with Crippen LogP contribution in [-0.2, 0) is 17.4 Å². The maximum atomic E-state index is 13.4. The van der Waals surface area contributed by atoms with Crippen molar-refractivity contribution in [3.63, 3.8) is 0 Å². The minimum Gasteiger partial charge on any atom is -0.234 e. The first-order valence-corrected chi connectivity index (χ1v) is 12.1. The van der Waals surface area contributed by atoms with Gasteiger partial charge >= 0.3 is 13.3 Å². The minimum absolute atomic E-state index is 0.240. The van der Waals surface area contributed by atoms with Crippen LogP contribution < -0.4 is 5.30 Å². The molecule has 0 N–H and O–H groups in total. The molecule has 2 nitrogen and oxygen atoms in total. The zero-order valence-electron chi connectivity index (χ0n) is 19.1. The lowest BCUT2D eigenvalue weighted by Crippen LogP contribution is -2.13. The Hall–Kier alpha value is -1.79. The van der Waals surface area contributed by atoms with Crippen LogP contribution in [0.5, 0.6) is 0 Å². The molecule has 1 atom stereocenters. The number of hydrogen-bond donors (Lipinski definition) is 0. The molecule has 0 amide bonds. The Labute approximate surface area is 177 Å². The maximum absolute atomic E-state index is 13.4. The molecule has 2 aromatic rings. The van der Waals surface area contributed by atoms with E-state index in [4.69, 9.17) is 0 Å². The van der Waals surface area contributed by atoms with Crippen LogP contribution >= 0.6 is 7.80 Å². The number of aryl methyl sites for hydroxylation is 5. The molecule has 2 rings (SSSR count). The Morgan fingerprint density at radius 1 is 0.862 bits per heavy atom. The molecule has 0 aliphatic rings. The summed E-state index contributed by atoms with van der Waals surface area (Å²) in [5, 5.41) is 0.721. The van der Waals surface area contributed by atoms with Gasteiger partial charge in [0.2, 0.25) is 5.30 Å². The molecular formula is C26H36O2P+. The Kier molecular flexibility index (Phi) is 8.34. The summed E-state index contributed by atoms with van der Waals surface area (Å²) < 4.78 is 13.4. The molecule has 0 saturated carbocycles. The Balaban J connectivity index is 2.40. The first kappa shape index (κ1) is 23.5. The summed E-state index contributed by atoms with van der Waals surface area (Å²) in [4.78, 5) is 13.2. The van der Waals surface area contributed by atoms with E-state index in [1.807, 2.05) is 39.0 Å². The van der Waals surface area contributed by atoms with Crippen molar-refractivity contribution in [2.75, 3.05) is 0 Å². The predicted octanol–water partition coefficient (Wildman–Crippen LogP) is 7.08. The van der Waals surface area contributed by atoms with Gasteiger partial charge < -0.3 is 0 Å². The largest absolute Gasteiger partial charge is 0.458 e. The highest BCUT2D eigenvalue weighted by Gasteiger charge is 2.36. The third-order valence-electron chi connectivity index (χ3n) is 5.44. The summed E-state index contributed by atoms with van der Waals surface area (Å²) in [6, 6.07) is 10.2. The molecule has 0 aliphatic carbocycles. The Morgan fingerprint density at radius 2 is 1.41 bits per heavy atom. The number of benzene rings is 2. The highest BCUT2D eigenvalue weighted by molar-refractivity contribution is 7.71. The molecule has 156 valence electrons. The van der Waals surface area contributed by atoms with E-state index in [0.29, 0.717) is 17.4 Å². The molecule has 29 heavy (non-hydrogen) atoms. The smallest absolute Gasteiger partial charge is 0.234 e. The van der Waals surface area contributed by atoms with E-state index in [-0.39, 0.29) is 5.52 Å². The molecule has 1 unspecified atom stereocenters. The van der Waals surface area contributed by atoms with Crippen LogP contribution in [0.25, 0.3) is 0 Å². The zero-order valence-corrected chi connectivity index (χ0v) is 20.0. The summed E-state index contributed by atoms with van der Waals surface area (Å²) in [6.07, 6.45) is 4.05. The molecule has 0 aliphatic heterocycles. The van der Waals surface area contributed by atoms with Gasteiger partial charge in [-0.15, -0.1) is 0 Å². The SMILES string of the molecule is Cc1cc(C)c(C(=O)[P+](=O)c2ccc(CCC(C)C)cc2CCC(C)C)c(C)c1. The normalized spacial score (nSPS) is 12.0. The molecule has 3 heteroatoms. The summed E-state index contributed by atoms with van der Waals surface area (Å²) in [7, 11) is -2.13. The number of rotatable bonds is 9. The Bertz CT molecular complexity index is 871. The fourth-order valence-corrected chi connectivity index (χ4v) is 5.24. The molecule has 0 heterocycles. The second kappa shape index (κ2) is 10.3. The number of carbonyl (C=O) groups is 1. The molecule has 2 aromatic carbocycles. The lowest BCUT2D eigenvalue weighted by atomic mass is 9.97. The van der Waals surface area contributed by atoms with Crippen LogP contribution in [0.15, 0.2) is 30.3 Å². The van der Waals surface area contributed by atoms with Gasteiger partial charge in [-0.2, -0.15) is 0 Å². The molecule has 0 aromatic heterocycles. The van der Waals surface area contributed by atoms with E-state index >= 15 is 0 Å². The van der Waals surface area contributed by atoms with Gasteiger partial charge in [0.05, 0.1) is 5.56 Å². The topological polar surface area (TPSA) is 34.1 Å². The lowest BCUT2D eigenvalue weighted by Gasteiger charge is -2.10. The monoisotopic (exact) mass is 411 g/mol. The maximum Gasteiger partial charge on any atom is 0.458 e. The lowest BCUT2D eigenvalue weighted by molar-refractivity contribution is 0.107.